The second-order valence-electron chi connectivity index (χ2n) is 4.29. The third-order valence-electron chi connectivity index (χ3n) is 2.91. The van der Waals surface area contributed by atoms with Gasteiger partial charge in [0.05, 0.1) is 5.69 Å². The molecule has 0 saturated carbocycles. The van der Waals surface area contributed by atoms with Crippen molar-refractivity contribution in [3.63, 3.8) is 0 Å². The van der Waals surface area contributed by atoms with E-state index in [-0.39, 0.29) is 5.69 Å². The minimum atomic E-state index is -0.897. The number of nitrogens with one attached hydrogen (secondary N) is 1. The minimum absolute atomic E-state index is 0.121. The Morgan fingerprint density at radius 2 is 2.05 bits per heavy atom. The van der Waals surface area contributed by atoms with Crippen LogP contribution in [0.2, 0.25) is 0 Å². The smallest absolute Gasteiger partial charge is 0.277 e. The molecule has 1 aromatic carbocycles. The van der Waals surface area contributed by atoms with Crippen LogP contribution in [-0.4, -0.2) is 17.8 Å². The zero-order valence-electron chi connectivity index (χ0n) is 10.4. The Morgan fingerprint density at radius 1 is 1.32 bits per heavy atom. The summed E-state index contributed by atoms with van der Waals surface area (Å²) >= 11 is 0. The van der Waals surface area contributed by atoms with Gasteiger partial charge in [-0.2, -0.15) is 0 Å². The second kappa shape index (κ2) is 5.17. The number of halogens is 1. The number of barbiturate groups is 1. The molecule has 1 heterocycles. The molecule has 0 aliphatic carbocycles. The summed E-state index contributed by atoms with van der Waals surface area (Å²) in [6.45, 7) is 1.84. The number of hydrogen-bond donors (Lipinski definition) is 1. The molecule has 0 aromatic heterocycles. The SMILES string of the molecule is CCCC1C(=O)NC(=O)N(c2cccc(F)c2)C1=O. The standard InChI is InChI=1S/C13H13FN2O3/c1-2-4-10-11(17)15-13(19)16(12(10)18)9-6-3-5-8(14)7-9/h3,5-7,10H,2,4H2,1H3,(H,15,17,19). The molecule has 1 atom stereocenters. The molecular weight excluding hydrogens is 251 g/mol. The van der Waals surface area contributed by atoms with E-state index in [0.29, 0.717) is 12.8 Å². The van der Waals surface area contributed by atoms with E-state index in [9.17, 15) is 18.8 Å². The number of imide groups is 2. The maximum Gasteiger partial charge on any atom is 0.335 e. The maximum atomic E-state index is 13.2. The molecule has 0 bridgehead atoms. The Morgan fingerprint density at radius 3 is 2.68 bits per heavy atom. The van der Waals surface area contributed by atoms with Crippen molar-refractivity contribution in [1.29, 1.82) is 0 Å². The number of carbonyl (C=O) groups excluding carboxylic acids is 3. The van der Waals surface area contributed by atoms with E-state index in [1.54, 1.807) is 0 Å². The molecule has 1 unspecified atom stereocenters. The average molecular weight is 264 g/mol. The molecule has 5 nitrogen and oxygen atoms in total. The van der Waals surface area contributed by atoms with Crippen molar-refractivity contribution in [3.8, 4) is 0 Å². The molecule has 1 aliphatic heterocycles. The Balaban J connectivity index is 2.36. The highest BCUT2D eigenvalue weighted by Crippen LogP contribution is 2.23. The van der Waals surface area contributed by atoms with E-state index in [1.165, 1.54) is 18.2 Å². The van der Waals surface area contributed by atoms with Gasteiger partial charge in [-0.15, -0.1) is 0 Å². The molecule has 4 amide bonds. The lowest BCUT2D eigenvalue weighted by atomic mass is 9.99. The Labute approximate surface area is 109 Å². The van der Waals surface area contributed by atoms with Crippen LogP contribution in [-0.2, 0) is 9.59 Å². The summed E-state index contributed by atoms with van der Waals surface area (Å²) in [7, 11) is 0. The first-order valence-corrected chi connectivity index (χ1v) is 5.99. The van der Waals surface area contributed by atoms with Crippen LogP contribution in [0.15, 0.2) is 24.3 Å². The monoisotopic (exact) mass is 264 g/mol. The molecule has 0 spiro atoms. The van der Waals surface area contributed by atoms with Crippen LogP contribution < -0.4 is 10.2 Å². The highest BCUT2D eigenvalue weighted by Gasteiger charge is 2.40. The first-order chi connectivity index (χ1) is 9.04. The number of rotatable bonds is 3. The maximum absolute atomic E-state index is 13.2. The number of benzene rings is 1. The molecule has 1 N–H and O–H groups in total. The van der Waals surface area contributed by atoms with Gasteiger partial charge in [0, 0.05) is 0 Å². The van der Waals surface area contributed by atoms with Crippen molar-refractivity contribution >= 4 is 23.5 Å². The van der Waals surface area contributed by atoms with Crippen LogP contribution in [0.3, 0.4) is 0 Å². The van der Waals surface area contributed by atoms with Gasteiger partial charge in [-0.1, -0.05) is 19.4 Å². The third kappa shape index (κ3) is 2.47. The Kier molecular flexibility index (Phi) is 3.59. The van der Waals surface area contributed by atoms with Gasteiger partial charge < -0.3 is 0 Å². The minimum Gasteiger partial charge on any atom is -0.277 e. The number of nitrogens with zero attached hydrogens (tertiary/aromatic N) is 1. The van der Waals surface area contributed by atoms with Gasteiger partial charge in [0.2, 0.25) is 11.8 Å². The first-order valence-electron chi connectivity index (χ1n) is 5.99. The summed E-state index contributed by atoms with van der Waals surface area (Å²) in [4.78, 5) is 36.3. The zero-order valence-corrected chi connectivity index (χ0v) is 10.4. The van der Waals surface area contributed by atoms with Crippen molar-refractivity contribution < 1.29 is 18.8 Å². The normalized spacial score (nSPS) is 19.6. The molecule has 0 radical (unpaired) electrons. The molecule has 2 rings (SSSR count). The summed E-state index contributed by atoms with van der Waals surface area (Å²) in [6.07, 6.45) is 0.985. The molecule has 100 valence electrons. The number of amides is 4. The van der Waals surface area contributed by atoms with Gasteiger partial charge >= 0.3 is 6.03 Å². The van der Waals surface area contributed by atoms with Crippen LogP contribution in [0.25, 0.3) is 0 Å². The summed E-state index contributed by atoms with van der Waals surface area (Å²) in [5.74, 6) is -2.65. The molecule has 1 fully saturated rings. The predicted octanol–water partition coefficient (Wildman–Crippen LogP) is 1.82. The lowest BCUT2D eigenvalue weighted by Gasteiger charge is -2.29. The second-order valence-corrected chi connectivity index (χ2v) is 4.29. The van der Waals surface area contributed by atoms with Crippen molar-refractivity contribution in [2.24, 2.45) is 5.92 Å². The van der Waals surface area contributed by atoms with E-state index in [2.05, 4.69) is 5.32 Å². The number of anilines is 1. The van der Waals surface area contributed by atoms with Gasteiger partial charge in [-0.05, 0) is 24.6 Å². The van der Waals surface area contributed by atoms with E-state index in [0.717, 1.165) is 11.0 Å². The van der Waals surface area contributed by atoms with Crippen LogP contribution in [0.4, 0.5) is 14.9 Å². The van der Waals surface area contributed by atoms with Gasteiger partial charge in [-0.25, -0.2) is 14.1 Å². The fourth-order valence-corrected chi connectivity index (χ4v) is 2.02. The fraction of sp³-hybridized carbons (Fsp3) is 0.308. The van der Waals surface area contributed by atoms with Crippen molar-refractivity contribution in [1.82, 2.24) is 5.32 Å². The molecule has 1 aromatic rings. The highest BCUT2D eigenvalue weighted by molar-refractivity contribution is 6.27. The molecular formula is C13H13FN2O3. The zero-order chi connectivity index (χ0) is 14.0. The van der Waals surface area contributed by atoms with Gasteiger partial charge in [0.25, 0.3) is 0 Å². The first kappa shape index (κ1) is 13.2. The number of hydrogen-bond acceptors (Lipinski definition) is 3. The van der Waals surface area contributed by atoms with Gasteiger partial charge in [0.1, 0.15) is 11.7 Å². The summed E-state index contributed by atoms with van der Waals surface area (Å²) in [6, 6.07) is 4.30. The summed E-state index contributed by atoms with van der Waals surface area (Å²) in [5, 5.41) is 2.12. The van der Waals surface area contributed by atoms with Crippen LogP contribution >= 0.6 is 0 Å². The van der Waals surface area contributed by atoms with Crippen molar-refractivity contribution in [3.05, 3.63) is 30.1 Å². The molecule has 1 aliphatic rings. The summed E-state index contributed by atoms with van der Waals surface area (Å²) < 4.78 is 13.2. The largest absolute Gasteiger partial charge is 0.335 e. The molecule has 1 saturated heterocycles. The Bertz CT molecular complexity index is 544. The van der Waals surface area contributed by atoms with E-state index >= 15 is 0 Å². The lowest BCUT2D eigenvalue weighted by Crippen LogP contribution is -2.58. The predicted molar refractivity (Wildman–Crippen MR) is 65.8 cm³/mol. The van der Waals surface area contributed by atoms with E-state index < -0.39 is 29.6 Å². The third-order valence-corrected chi connectivity index (χ3v) is 2.91. The fourth-order valence-electron chi connectivity index (χ4n) is 2.02. The van der Waals surface area contributed by atoms with Gasteiger partial charge in [-0.3, -0.25) is 14.9 Å². The van der Waals surface area contributed by atoms with Crippen molar-refractivity contribution in [2.45, 2.75) is 19.8 Å². The molecule has 6 heteroatoms. The van der Waals surface area contributed by atoms with Crippen LogP contribution in [0, 0.1) is 11.7 Å². The molecule has 19 heavy (non-hydrogen) atoms. The van der Waals surface area contributed by atoms with Crippen molar-refractivity contribution in [2.75, 3.05) is 4.90 Å². The number of carbonyl (C=O) groups is 3. The lowest BCUT2D eigenvalue weighted by molar-refractivity contribution is -0.134. The van der Waals surface area contributed by atoms with Gasteiger partial charge in [0.15, 0.2) is 0 Å². The van der Waals surface area contributed by atoms with Crippen LogP contribution in [0.1, 0.15) is 19.8 Å². The quantitative estimate of drug-likeness (QED) is 0.847. The summed E-state index contributed by atoms with van der Waals surface area (Å²) in [5.41, 5.74) is 0.121. The highest BCUT2D eigenvalue weighted by atomic mass is 19.1. The van der Waals surface area contributed by atoms with Crippen LogP contribution in [0.5, 0.6) is 0 Å². The topological polar surface area (TPSA) is 66.5 Å². The van der Waals surface area contributed by atoms with E-state index in [4.69, 9.17) is 0 Å². The van der Waals surface area contributed by atoms with E-state index in [1.807, 2.05) is 6.92 Å². The average Bonchev–Trinajstić information content (AvgIpc) is 2.34. The Hall–Kier alpha value is -2.24. The number of urea groups is 1.